The highest BCUT2D eigenvalue weighted by Crippen LogP contribution is 2.19. The topological polar surface area (TPSA) is 64.1 Å². The van der Waals surface area contributed by atoms with E-state index in [0.29, 0.717) is 11.3 Å². The van der Waals surface area contributed by atoms with E-state index < -0.39 is 9.84 Å². The first kappa shape index (κ1) is 13.3. The Morgan fingerprint density at radius 3 is 2.44 bits per heavy atom. The number of Topliss-reactive ketones (excluding diaryl/α,β-unsaturated/α-hetero) is 1. The fourth-order valence-electron chi connectivity index (χ4n) is 1.40. The summed E-state index contributed by atoms with van der Waals surface area (Å²) in [6.07, 6.45) is 1.84. The van der Waals surface area contributed by atoms with E-state index >= 15 is 0 Å². The summed E-state index contributed by atoms with van der Waals surface area (Å²) >= 11 is 1.37. The minimum atomic E-state index is -2.97. The summed E-state index contributed by atoms with van der Waals surface area (Å²) in [6.45, 7) is 3.65. The fourth-order valence-corrected chi connectivity index (χ4v) is 2.95. The van der Waals surface area contributed by atoms with Gasteiger partial charge in [0.05, 0.1) is 21.3 Å². The van der Waals surface area contributed by atoms with Gasteiger partial charge in [-0.1, -0.05) is 0 Å². The molecule has 0 aliphatic rings. The van der Waals surface area contributed by atoms with E-state index in [0.717, 1.165) is 10.7 Å². The Morgan fingerprint density at radius 1 is 1.38 bits per heavy atom. The summed E-state index contributed by atoms with van der Waals surface area (Å²) in [5, 5.41) is 0.865. The van der Waals surface area contributed by atoms with Crippen molar-refractivity contribution in [1.29, 1.82) is 0 Å². The largest absolute Gasteiger partial charge is 0.293 e. The monoisotopic (exact) mass is 261 g/mol. The zero-order valence-corrected chi connectivity index (χ0v) is 11.2. The second-order valence-corrected chi connectivity index (χ2v) is 7.27. The number of carbonyl (C=O) groups is 1. The van der Waals surface area contributed by atoms with Gasteiger partial charge >= 0.3 is 0 Å². The normalized spacial score (nSPS) is 11.7. The lowest BCUT2D eigenvalue weighted by molar-refractivity contribution is 0.0985. The van der Waals surface area contributed by atoms with Gasteiger partial charge in [-0.25, -0.2) is 13.4 Å². The van der Waals surface area contributed by atoms with Crippen LogP contribution in [0.15, 0.2) is 0 Å². The summed E-state index contributed by atoms with van der Waals surface area (Å²) in [7, 11) is -2.97. The minimum Gasteiger partial charge on any atom is -0.293 e. The molecule has 0 atom stereocenters. The van der Waals surface area contributed by atoms with Gasteiger partial charge in [-0.15, -0.1) is 11.3 Å². The number of hydrogen-bond acceptors (Lipinski definition) is 5. The molecule has 90 valence electrons. The quantitative estimate of drug-likeness (QED) is 0.758. The number of nitrogens with zero attached hydrogens (tertiary/aromatic N) is 1. The molecule has 0 fully saturated rings. The molecule has 1 rings (SSSR count). The van der Waals surface area contributed by atoms with Gasteiger partial charge in [0.2, 0.25) is 0 Å². The van der Waals surface area contributed by atoms with Gasteiger partial charge in [0, 0.05) is 12.7 Å². The molecule has 0 spiro atoms. The molecule has 0 unspecified atom stereocenters. The molecule has 16 heavy (non-hydrogen) atoms. The van der Waals surface area contributed by atoms with Gasteiger partial charge in [-0.2, -0.15) is 0 Å². The second kappa shape index (κ2) is 5.05. The molecule has 0 amide bonds. The minimum absolute atomic E-state index is 0.00764. The van der Waals surface area contributed by atoms with Crippen LogP contribution >= 0.6 is 11.3 Å². The van der Waals surface area contributed by atoms with Crippen molar-refractivity contribution in [3.05, 3.63) is 15.6 Å². The number of carbonyl (C=O) groups excluding carboxylic acids is 1. The number of ketones is 1. The average Bonchev–Trinajstić information content (AvgIpc) is 2.43. The Morgan fingerprint density at radius 2 is 2.00 bits per heavy atom. The van der Waals surface area contributed by atoms with Crippen LogP contribution in [0.3, 0.4) is 0 Å². The Kier molecular flexibility index (Phi) is 4.21. The SMILES string of the molecule is Cc1nc(C)c(C(=O)CCCS(C)(=O)=O)s1. The predicted octanol–water partition coefficient (Wildman–Crippen LogP) is 1.77. The third-order valence-electron chi connectivity index (χ3n) is 2.08. The van der Waals surface area contributed by atoms with E-state index in [1.165, 1.54) is 17.6 Å². The molecule has 0 saturated heterocycles. The molecule has 1 aromatic heterocycles. The van der Waals surface area contributed by atoms with Crippen LogP contribution in [0.2, 0.25) is 0 Å². The van der Waals surface area contributed by atoms with Crippen molar-refractivity contribution in [3.8, 4) is 0 Å². The van der Waals surface area contributed by atoms with Gasteiger partial charge in [-0.3, -0.25) is 4.79 Å². The van der Waals surface area contributed by atoms with Gasteiger partial charge in [0.25, 0.3) is 0 Å². The van der Waals surface area contributed by atoms with Crippen LogP contribution in [0.1, 0.15) is 33.2 Å². The standard InChI is InChI=1S/C10H15NO3S2/c1-7-10(15-8(2)11-7)9(12)5-4-6-16(3,13)14/h4-6H2,1-3H3. The van der Waals surface area contributed by atoms with Gasteiger partial charge in [-0.05, 0) is 20.3 Å². The maximum absolute atomic E-state index is 11.7. The molecule has 4 nitrogen and oxygen atoms in total. The lowest BCUT2D eigenvalue weighted by Gasteiger charge is -1.98. The van der Waals surface area contributed by atoms with Crippen molar-refractivity contribution < 1.29 is 13.2 Å². The third kappa shape index (κ3) is 4.02. The van der Waals surface area contributed by atoms with Crippen molar-refractivity contribution in [3.63, 3.8) is 0 Å². The van der Waals surface area contributed by atoms with Gasteiger partial charge in [0.1, 0.15) is 9.84 Å². The Bertz CT molecular complexity index is 488. The predicted molar refractivity (Wildman–Crippen MR) is 64.9 cm³/mol. The summed E-state index contributed by atoms with van der Waals surface area (Å²) in [4.78, 5) is 16.6. The van der Waals surface area contributed by atoms with E-state index in [9.17, 15) is 13.2 Å². The van der Waals surface area contributed by atoms with Crippen LogP contribution in [-0.4, -0.2) is 31.2 Å². The highest BCUT2D eigenvalue weighted by Gasteiger charge is 2.14. The van der Waals surface area contributed by atoms with Gasteiger partial charge in [0.15, 0.2) is 5.78 Å². The van der Waals surface area contributed by atoms with Crippen molar-refractivity contribution in [1.82, 2.24) is 4.98 Å². The lowest BCUT2D eigenvalue weighted by Crippen LogP contribution is -2.06. The van der Waals surface area contributed by atoms with E-state index in [2.05, 4.69) is 4.98 Å². The highest BCUT2D eigenvalue weighted by atomic mass is 32.2. The maximum atomic E-state index is 11.7. The summed E-state index contributed by atoms with van der Waals surface area (Å²) in [5.41, 5.74) is 0.742. The number of thiazole rings is 1. The Labute approximate surface area is 99.6 Å². The van der Waals surface area contributed by atoms with Crippen LogP contribution in [-0.2, 0) is 9.84 Å². The summed E-state index contributed by atoms with van der Waals surface area (Å²) in [6, 6.07) is 0. The molecule has 0 bridgehead atoms. The molecule has 0 radical (unpaired) electrons. The molecule has 0 saturated carbocycles. The van der Waals surface area contributed by atoms with Crippen molar-refractivity contribution >= 4 is 27.0 Å². The Balaban J connectivity index is 2.57. The zero-order chi connectivity index (χ0) is 12.3. The molecule has 0 aliphatic heterocycles. The Hall–Kier alpha value is -0.750. The van der Waals surface area contributed by atoms with Crippen LogP contribution in [0.4, 0.5) is 0 Å². The molecule has 0 aliphatic carbocycles. The van der Waals surface area contributed by atoms with E-state index in [1.54, 1.807) is 6.92 Å². The molecule has 0 aromatic carbocycles. The first-order chi connectivity index (χ1) is 7.29. The van der Waals surface area contributed by atoms with Crippen LogP contribution in [0.25, 0.3) is 0 Å². The molecular formula is C10H15NO3S2. The average molecular weight is 261 g/mol. The molecular weight excluding hydrogens is 246 g/mol. The summed E-state index contributed by atoms with van der Waals surface area (Å²) in [5.74, 6) is 0.0574. The second-order valence-electron chi connectivity index (χ2n) is 3.80. The molecule has 1 heterocycles. The summed E-state index contributed by atoms with van der Waals surface area (Å²) < 4.78 is 21.8. The fraction of sp³-hybridized carbons (Fsp3) is 0.600. The smallest absolute Gasteiger partial charge is 0.174 e. The first-order valence-electron chi connectivity index (χ1n) is 4.94. The van der Waals surface area contributed by atoms with Crippen LogP contribution in [0.5, 0.6) is 0 Å². The van der Waals surface area contributed by atoms with Crippen molar-refractivity contribution in [2.24, 2.45) is 0 Å². The van der Waals surface area contributed by atoms with Crippen LogP contribution < -0.4 is 0 Å². The first-order valence-corrected chi connectivity index (χ1v) is 7.82. The number of hydrogen-bond donors (Lipinski definition) is 0. The van der Waals surface area contributed by atoms with Crippen molar-refractivity contribution in [2.75, 3.05) is 12.0 Å². The number of sulfone groups is 1. The number of aryl methyl sites for hydroxylation is 2. The molecule has 0 N–H and O–H groups in total. The third-order valence-corrected chi connectivity index (χ3v) is 4.22. The van der Waals surface area contributed by atoms with Gasteiger partial charge < -0.3 is 0 Å². The van der Waals surface area contributed by atoms with Crippen LogP contribution in [0, 0.1) is 13.8 Å². The molecule has 6 heteroatoms. The zero-order valence-electron chi connectivity index (χ0n) is 9.61. The lowest BCUT2D eigenvalue weighted by atomic mass is 10.2. The van der Waals surface area contributed by atoms with E-state index in [-0.39, 0.29) is 18.0 Å². The number of aromatic nitrogens is 1. The van der Waals surface area contributed by atoms with E-state index in [1.807, 2.05) is 6.92 Å². The maximum Gasteiger partial charge on any atom is 0.174 e. The number of rotatable bonds is 5. The molecule has 1 aromatic rings. The van der Waals surface area contributed by atoms with Crippen molar-refractivity contribution in [2.45, 2.75) is 26.7 Å². The van der Waals surface area contributed by atoms with E-state index in [4.69, 9.17) is 0 Å². The highest BCUT2D eigenvalue weighted by molar-refractivity contribution is 7.90.